The number of halogens is 3. The minimum absolute atomic E-state index is 0.0545. The molecule has 1 rings (SSSR count). The van der Waals surface area contributed by atoms with Crippen LogP contribution in [0.5, 0.6) is 0 Å². The van der Waals surface area contributed by atoms with Gasteiger partial charge in [-0.2, -0.15) is 13.2 Å². The fraction of sp³-hybridized carbons (Fsp3) is 0.308. The van der Waals surface area contributed by atoms with E-state index >= 15 is 0 Å². The lowest BCUT2D eigenvalue weighted by Gasteiger charge is -2.08. The molecule has 18 heavy (non-hydrogen) atoms. The largest absolute Gasteiger partial charge is 0.416 e. The molecule has 0 radical (unpaired) electrons. The van der Waals surface area contributed by atoms with Crippen molar-refractivity contribution in [1.29, 1.82) is 0 Å². The molecule has 0 fully saturated rings. The van der Waals surface area contributed by atoms with Crippen molar-refractivity contribution in [2.24, 2.45) is 0 Å². The summed E-state index contributed by atoms with van der Waals surface area (Å²) in [5, 5.41) is 2.60. The van der Waals surface area contributed by atoms with Crippen molar-refractivity contribution in [2.45, 2.75) is 19.0 Å². The van der Waals surface area contributed by atoms with Crippen LogP contribution >= 0.6 is 0 Å². The lowest BCUT2D eigenvalue weighted by molar-refractivity contribution is -0.137. The Balaban J connectivity index is 2.62. The van der Waals surface area contributed by atoms with Crippen molar-refractivity contribution in [1.82, 2.24) is 5.32 Å². The Morgan fingerprint density at radius 3 is 2.72 bits per heavy atom. The number of rotatable bonds is 5. The molecule has 98 valence electrons. The number of hydrogen-bond donors (Lipinski definition) is 1. The van der Waals surface area contributed by atoms with Crippen LogP contribution in [0.3, 0.4) is 0 Å². The van der Waals surface area contributed by atoms with Gasteiger partial charge in [-0.25, -0.2) is 0 Å². The summed E-state index contributed by atoms with van der Waals surface area (Å²) in [7, 11) is 0. The van der Waals surface area contributed by atoms with Gasteiger partial charge in [0.25, 0.3) is 0 Å². The molecule has 0 bridgehead atoms. The van der Waals surface area contributed by atoms with Gasteiger partial charge in [0, 0.05) is 6.54 Å². The van der Waals surface area contributed by atoms with E-state index in [-0.39, 0.29) is 12.3 Å². The Kier molecular flexibility index (Phi) is 4.95. The van der Waals surface area contributed by atoms with Crippen LogP contribution in [0.15, 0.2) is 36.9 Å². The van der Waals surface area contributed by atoms with E-state index in [2.05, 4.69) is 11.9 Å². The molecule has 0 aliphatic rings. The average Bonchev–Trinajstić information content (AvgIpc) is 2.28. The lowest BCUT2D eigenvalue weighted by Crippen LogP contribution is -2.25. The Hall–Kier alpha value is -1.78. The van der Waals surface area contributed by atoms with Gasteiger partial charge in [-0.1, -0.05) is 24.3 Å². The molecule has 0 atom stereocenters. The molecular formula is C13H14F3NO. The van der Waals surface area contributed by atoms with Crippen molar-refractivity contribution in [3.05, 3.63) is 48.0 Å². The number of hydrogen-bond acceptors (Lipinski definition) is 1. The number of carbonyl (C=O) groups is 1. The minimum atomic E-state index is -4.38. The van der Waals surface area contributed by atoms with E-state index in [4.69, 9.17) is 0 Å². The van der Waals surface area contributed by atoms with Gasteiger partial charge in [0.05, 0.1) is 12.0 Å². The predicted molar refractivity (Wildman–Crippen MR) is 63.0 cm³/mol. The number of nitrogens with one attached hydrogen (secondary N) is 1. The van der Waals surface area contributed by atoms with Gasteiger partial charge in [-0.15, -0.1) is 6.58 Å². The highest BCUT2D eigenvalue weighted by Gasteiger charge is 2.30. The molecule has 0 saturated carbocycles. The first-order chi connectivity index (χ1) is 8.43. The third kappa shape index (κ3) is 4.61. The third-order valence-electron chi connectivity index (χ3n) is 2.29. The SMILES string of the molecule is C=CCCNC(=O)Cc1cccc(C(F)(F)F)c1. The maximum Gasteiger partial charge on any atom is 0.416 e. The highest BCUT2D eigenvalue weighted by Crippen LogP contribution is 2.29. The molecule has 2 nitrogen and oxygen atoms in total. The average molecular weight is 257 g/mol. The van der Waals surface area contributed by atoms with E-state index in [1.807, 2.05) is 0 Å². The van der Waals surface area contributed by atoms with Gasteiger partial charge < -0.3 is 5.32 Å². The Labute approximate surface area is 104 Å². The predicted octanol–water partition coefficient (Wildman–Crippen LogP) is 2.94. The highest BCUT2D eigenvalue weighted by atomic mass is 19.4. The quantitative estimate of drug-likeness (QED) is 0.637. The second-order valence-electron chi connectivity index (χ2n) is 3.80. The molecule has 0 spiro atoms. The second kappa shape index (κ2) is 6.23. The maximum absolute atomic E-state index is 12.4. The molecule has 0 aliphatic heterocycles. The zero-order valence-electron chi connectivity index (χ0n) is 9.76. The van der Waals surface area contributed by atoms with Crippen LogP contribution in [-0.4, -0.2) is 12.5 Å². The Morgan fingerprint density at radius 1 is 1.39 bits per heavy atom. The van der Waals surface area contributed by atoms with E-state index in [0.29, 0.717) is 18.5 Å². The van der Waals surface area contributed by atoms with Crippen molar-refractivity contribution >= 4 is 5.91 Å². The molecule has 0 heterocycles. The summed E-state index contributed by atoms with van der Waals surface area (Å²) >= 11 is 0. The van der Waals surface area contributed by atoms with Gasteiger partial charge in [-0.3, -0.25) is 4.79 Å². The van der Waals surface area contributed by atoms with Crippen molar-refractivity contribution in [2.75, 3.05) is 6.54 Å². The fourth-order valence-electron chi connectivity index (χ4n) is 1.42. The summed E-state index contributed by atoms with van der Waals surface area (Å²) in [4.78, 5) is 11.4. The topological polar surface area (TPSA) is 29.1 Å². The summed E-state index contributed by atoms with van der Waals surface area (Å²) in [6.45, 7) is 3.95. The lowest BCUT2D eigenvalue weighted by atomic mass is 10.1. The fourth-order valence-corrected chi connectivity index (χ4v) is 1.42. The summed E-state index contributed by atoms with van der Waals surface area (Å²) in [5.41, 5.74) is -0.389. The summed E-state index contributed by atoms with van der Waals surface area (Å²) in [5.74, 6) is -0.295. The van der Waals surface area contributed by atoms with Gasteiger partial charge in [-0.05, 0) is 18.1 Å². The number of alkyl halides is 3. The molecule has 0 aromatic heterocycles. The molecule has 0 unspecified atom stereocenters. The zero-order valence-corrected chi connectivity index (χ0v) is 9.76. The number of carbonyl (C=O) groups excluding carboxylic acids is 1. The molecule has 1 amide bonds. The van der Waals surface area contributed by atoms with E-state index in [0.717, 1.165) is 12.1 Å². The highest BCUT2D eigenvalue weighted by molar-refractivity contribution is 5.78. The van der Waals surface area contributed by atoms with Gasteiger partial charge >= 0.3 is 6.18 Å². The van der Waals surface area contributed by atoms with Crippen molar-refractivity contribution < 1.29 is 18.0 Å². The van der Waals surface area contributed by atoms with Crippen LogP contribution in [-0.2, 0) is 17.4 Å². The molecule has 5 heteroatoms. The number of amides is 1. The zero-order chi connectivity index (χ0) is 13.6. The maximum atomic E-state index is 12.4. The molecule has 0 aliphatic carbocycles. The summed E-state index contributed by atoms with van der Waals surface area (Å²) in [6.07, 6.45) is -2.14. The van der Waals surface area contributed by atoms with Gasteiger partial charge in [0.1, 0.15) is 0 Å². The van der Waals surface area contributed by atoms with Crippen molar-refractivity contribution in [3.8, 4) is 0 Å². The smallest absolute Gasteiger partial charge is 0.356 e. The van der Waals surface area contributed by atoms with Crippen LogP contribution in [0.1, 0.15) is 17.5 Å². The first-order valence-electron chi connectivity index (χ1n) is 5.47. The number of benzene rings is 1. The summed E-state index contributed by atoms with van der Waals surface area (Å²) in [6, 6.07) is 4.78. The third-order valence-corrected chi connectivity index (χ3v) is 2.29. The first-order valence-corrected chi connectivity index (χ1v) is 5.47. The van der Waals surface area contributed by atoms with Gasteiger partial charge in [0.15, 0.2) is 0 Å². The normalized spacial score (nSPS) is 11.1. The van der Waals surface area contributed by atoms with Crippen LogP contribution in [0.4, 0.5) is 13.2 Å². The molecule has 0 saturated heterocycles. The minimum Gasteiger partial charge on any atom is -0.356 e. The summed E-state index contributed by atoms with van der Waals surface area (Å²) < 4.78 is 37.3. The van der Waals surface area contributed by atoms with E-state index < -0.39 is 11.7 Å². The standard InChI is InChI=1S/C13H14F3NO/c1-2-3-7-17-12(18)9-10-5-4-6-11(8-10)13(14,15)16/h2,4-6,8H,1,3,7,9H2,(H,17,18). The Bertz CT molecular complexity index is 426. The van der Waals surface area contributed by atoms with E-state index in [1.54, 1.807) is 6.08 Å². The Morgan fingerprint density at radius 2 is 2.11 bits per heavy atom. The van der Waals surface area contributed by atoms with E-state index in [9.17, 15) is 18.0 Å². The van der Waals surface area contributed by atoms with Crippen molar-refractivity contribution in [3.63, 3.8) is 0 Å². The van der Waals surface area contributed by atoms with Crippen LogP contribution in [0.2, 0.25) is 0 Å². The molecular weight excluding hydrogens is 243 g/mol. The monoisotopic (exact) mass is 257 g/mol. The van der Waals surface area contributed by atoms with Gasteiger partial charge in [0.2, 0.25) is 5.91 Å². The van der Waals surface area contributed by atoms with E-state index in [1.165, 1.54) is 12.1 Å². The molecule has 1 aromatic carbocycles. The molecule has 1 N–H and O–H groups in total. The molecule has 1 aromatic rings. The van der Waals surface area contributed by atoms with Crippen LogP contribution < -0.4 is 5.32 Å². The second-order valence-corrected chi connectivity index (χ2v) is 3.80. The van der Waals surface area contributed by atoms with Crippen LogP contribution in [0.25, 0.3) is 0 Å². The van der Waals surface area contributed by atoms with Crippen LogP contribution in [0, 0.1) is 0 Å². The first kappa shape index (κ1) is 14.3.